The molecule has 0 aliphatic rings. The maximum absolute atomic E-state index is 11.3. The number of nitrogens with zero attached hydrogens (tertiary/aromatic N) is 1. The molecular weight excluding hydrogens is 206 g/mol. The van der Waals surface area contributed by atoms with Gasteiger partial charge in [0.25, 0.3) is 0 Å². The summed E-state index contributed by atoms with van der Waals surface area (Å²) in [7, 11) is 0. The second kappa shape index (κ2) is 4.06. The van der Waals surface area contributed by atoms with Crippen molar-refractivity contribution in [2.24, 2.45) is 0 Å². The fourth-order valence-electron chi connectivity index (χ4n) is 1.43. The van der Waals surface area contributed by atoms with Crippen molar-refractivity contribution >= 4 is 11.6 Å². The lowest BCUT2D eigenvalue weighted by atomic mass is 10.3. The predicted octanol–water partition coefficient (Wildman–Crippen LogP) is 1.12. The first-order chi connectivity index (χ1) is 7.66. The highest BCUT2D eigenvalue weighted by Crippen LogP contribution is 2.11. The minimum absolute atomic E-state index is 0.119. The van der Waals surface area contributed by atoms with E-state index in [2.05, 4.69) is 10.3 Å². The molecule has 2 rings (SSSR count). The summed E-state index contributed by atoms with van der Waals surface area (Å²) >= 11 is 0. The Morgan fingerprint density at radius 2 is 2.00 bits per heavy atom. The molecule has 0 radical (unpaired) electrons. The van der Waals surface area contributed by atoms with Crippen LogP contribution >= 0.6 is 0 Å². The van der Waals surface area contributed by atoms with Crippen LogP contribution in [0.5, 0.6) is 0 Å². The van der Waals surface area contributed by atoms with Crippen molar-refractivity contribution in [1.29, 1.82) is 0 Å². The summed E-state index contributed by atoms with van der Waals surface area (Å²) in [5.41, 5.74) is 1.27. The van der Waals surface area contributed by atoms with E-state index in [4.69, 9.17) is 0 Å². The van der Waals surface area contributed by atoms with Crippen LogP contribution in [0.15, 0.2) is 41.5 Å². The number of nitrogens with one attached hydrogen (secondary N) is 2. The molecule has 1 heterocycles. The summed E-state index contributed by atoms with van der Waals surface area (Å²) in [5, 5.41) is 2.66. The van der Waals surface area contributed by atoms with Gasteiger partial charge >= 0.3 is 5.69 Å². The molecule has 0 fully saturated rings. The van der Waals surface area contributed by atoms with Crippen LogP contribution in [0.1, 0.15) is 6.92 Å². The number of carbonyl (C=O) groups is 1. The first kappa shape index (κ1) is 10.2. The zero-order valence-electron chi connectivity index (χ0n) is 8.73. The Bertz CT molecular complexity index is 551. The van der Waals surface area contributed by atoms with E-state index in [1.165, 1.54) is 11.5 Å². The van der Waals surface area contributed by atoms with Crippen LogP contribution in [0.25, 0.3) is 5.69 Å². The third-order valence-corrected chi connectivity index (χ3v) is 2.12. The number of aromatic nitrogens is 2. The molecular formula is C11H11N3O2. The van der Waals surface area contributed by atoms with Crippen LogP contribution in [-0.4, -0.2) is 15.5 Å². The fraction of sp³-hybridized carbons (Fsp3) is 0.0909. The lowest BCUT2D eigenvalue weighted by Crippen LogP contribution is -2.14. The van der Waals surface area contributed by atoms with Gasteiger partial charge in [0.1, 0.15) is 0 Å². The van der Waals surface area contributed by atoms with Gasteiger partial charge in [0.2, 0.25) is 5.91 Å². The molecule has 2 N–H and O–H groups in total. The number of anilines is 1. The minimum atomic E-state index is -0.188. The van der Waals surface area contributed by atoms with E-state index in [0.717, 1.165) is 5.69 Å². The third-order valence-electron chi connectivity index (χ3n) is 2.12. The van der Waals surface area contributed by atoms with E-state index >= 15 is 0 Å². The molecule has 1 aromatic carbocycles. The molecule has 5 heteroatoms. The first-order valence-electron chi connectivity index (χ1n) is 4.81. The maximum Gasteiger partial charge on any atom is 0.330 e. The average molecular weight is 217 g/mol. The van der Waals surface area contributed by atoms with Gasteiger partial charge in [-0.05, 0) is 24.3 Å². The Morgan fingerprint density at radius 3 is 2.50 bits per heavy atom. The summed E-state index contributed by atoms with van der Waals surface area (Å²) in [5.74, 6) is -0.119. The highest BCUT2D eigenvalue weighted by atomic mass is 16.1. The number of hydrogen-bond donors (Lipinski definition) is 2. The predicted molar refractivity (Wildman–Crippen MR) is 60.7 cm³/mol. The molecule has 5 nitrogen and oxygen atoms in total. The molecule has 0 bridgehead atoms. The van der Waals surface area contributed by atoms with Crippen molar-refractivity contribution in [1.82, 2.24) is 9.55 Å². The number of aromatic amines is 1. The largest absolute Gasteiger partial charge is 0.330 e. The van der Waals surface area contributed by atoms with Gasteiger partial charge < -0.3 is 10.3 Å². The zero-order chi connectivity index (χ0) is 11.5. The van der Waals surface area contributed by atoms with Crippen molar-refractivity contribution in [3.8, 4) is 5.69 Å². The van der Waals surface area contributed by atoms with Gasteiger partial charge in [0.15, 0.2) is 0 Å². The molecule has 0 spiro atoms. The minimum Gasteiger partial charge on any atom is -0.326 e. The van der Waals surface area contributed by atoms with Crippen molar-refractivity contribution in [3.63, 3.8) is 0 Å². The second-order valence-electron chi connectivity index (χ2n) is 3.36. The number of benzene rings is 1. The van der Waals surface area contributed by atoms with Gasteiger partial charge in [-0.2, -0.15) is 0 Å². The summed E-state index contributed by atoms with van der Waals surface area (Å²) in [6, 6.07) is 7.02. The Labute approximate surface area is 91.7 Å². The molecule has 0 aliphatic heterocycles. The maximum atomic E-state index is 11.3. The van der Waals surface area contributed by atoms with Crippen LogP contribution in [0, 0.1) is 0 Å². The number of rotatable bonds is 2. The fourth-order valence-corrected chi connectivity index (χ4v) is 1.43. The van der Waals surface area contributed by atoms with E-state index < -0.39 is 0 Å². The Balaban J connectivity index is 2.30. The monoisotopic (exact) mass is 217 g/mol. The van der Waals surface area contributed by atoms with Crippen LogP contribution in [0.3, 0.4) is 0 Å². The summed E-state index contributed by atoms with van der Waals surface area (Å²) in [6.07, 6.45) is 3.22. The molecule has 82 valence electrons. The molecule has 2 aromatic rings. The highest BCUT2D eigenvalue weighted by molar-refractivity contribution is 5.88. The van der Waals surface area contributed by atoms with Crippen molar-refractivity contribution in [2.45, 2.75) is 6.92 Å². The number of carbonyl (C=O) groups excluding carboxylic acids is 1. The summed E-state index contributed by atoms with van der Waals surface area (Å²) < 4.78 is 1.48. The van der Waals surface area contributed by atoms with Gasteiger partial charge in [-0.1, -0.05) is 0 Å². The topological polar surface area (TPSA) is 66.9 Å². The summed E-state index contributed by atoms with van der Waals surface area (Å²) in [4.78, 5) is 24.7. The van der Waals surface area contributed by atoms with Gasteiger partial charge in [-0.15, -0.1) is 0 Å². The summed E-state index contributed by atoms with van der Waals surface area (Å²) in [6.45, 7) is 1.45. The van der Waals surface area contributed by atoms with E-state index in [-0.39, 0.29) is 11.6 Å². The molecule has 16 heavy (non-hydrogen) atoms. The number of imidazole rings is 1. The highest BCUT2D eigenvalue weighted by Gasteiger charge is 2.00. The Kier molecular flexibility index (Phi) is 2.59. The smallest absolute Gasteiger partial charge is 0.326 e. The van der Waals surface area contributed by atoms with E-state index in [0.29, 0.717) is 5.69 Å². The average Bonchev–Trinajstić information content (AvgIpc) is 2.65. The molecule has 0 atom stereocenters. The molecule has 0 aliphatic carbocycles. The second-order valence-corrected chi connectivity index (χ2v) is 3.36. The lowest BCUT2D eigenvalue weighted by Gasteiger charge is -2.04. The van der Waals surface area contributed by atoms with Crippen molar-refractivity contribution in [2.75, 3.05) is 5.32 Å². The molecule has 1 aromatic heterocycles. The quantitative estimate of drug-likeness (QED) is 0.791. The molecule has 0 saturated heterocycles. The number of hydrogen-bond acceptors (Lipinski definition) is 2. The van der Waals surface area contributed by atoms with E-state index in [1.807, 2.05) is 0 Å². The van der Waals surface area contributed by atoms with Crippen LogP contribution in [0.2, 0.25) is 0 Å². The first-order valence-corrected chi connectivity index (χ1v) is 4.81. The SMILES string of the molecule is CC(=O)Nc1ccc(-n2cc[nH]c2=O)cc1. The van der Waals surface area contributed by atoms with Crippen LogP contribution < -0.4 is 11.0 Å². The molecule has 0 unspecified atom stereocenters. The van der Waals surface area contributed by atoms with Gasteiger partial charge in [0.05, 0.1) is 5.69 Å². The number of amides is 1. The van der Waals surface area contributed by atoms with Crippen LogP contribution in [-0.2, 0) is 4.79 Å². The van der Waals surface area contributed by atoms with Crippen LogP contribution in [0.4, 0.5) is 5.69 Å². The lowest BCUT2D eigenvalue weighted by molar-refractivity contribution is -0.114. The van der Waals surface area contributed by atoms with Gasteiger partial charge in [-0.25, -0.2) is 4.79 Å². The zero-order valence-corrected chi connectivity index (χ0v) is 8.73. The van der Waals surface area contributed by atoms with Gasteiger partial charge in [-0.3, -0.25) is 9.36 Å². The normalized spacial score (nSPS) is 10.1. The third kappa shape index (κ3) is 2.03. The Hall–Kier alpha value is -2.30. The van der Waals surface area contributed by atoms with Crippen molar-refractivity contribution in [3.05, 3.63) is 47.1 Å². The Morgan fingerprint density at radius 1 is 1.31 bits per heavy atom. The van der Waals surface area contributed by atoms with E-state index in [9.17, 15) is 9.59 Å². The van der Waals surface area contributed by atoms with Gasteiger partial charge in [0, 0.05) is 25.0 Å². The molecule has 0 saturated carbocycles. The molecule has 1 amide bonds. The number of H-pyrrole nitrogens is 1. The van der Waals surface area contributed by atoms with E-state index in [1.54, 1.807) is 36.7 Å². The van der Waals surface area contributed by atoms with Crippen molar-refractivity contribution < 1.29 is 4.79 Å². The standard InChI is InChI=1S/C11H11N3O2/c1-8(15)13-9-2-4-10(5-3-9)14-7-6-12-11(14)16/h2-7H,1H3,(H,12,16)(H,13,15).